The van der Waals surface area contributed by atoms with Gasteiger partial charge in [-0.1, -0.05) is 30.0 Å². The number of rotatable bonds is 3. The normalized spacial score (nSPS) is 10.3. The number of hydrogen-bond acceptors (Lipinski definition) is 4. The summed E-state index contributed by atoms with van der Waals surface area (Å²) < 4.78 is 2.07. The van der Waals surface area contributed by atoms with Crippen LogP contribution in [0.3, 0.4) is 0 Å². The molecule has 0 atom stereocenters. The van der Waals surface area contributed by atoms with Crippen LogP contribution in [-0.2, 0) is 0 Å². The molecule has 0 aliphatic rings. The van der Waals surface area contributed by atoms with Crippen molar-refractivity contribution in [1.82, 2.24) is 0 Å². The van der Waals surface area contributed by atoms with E-state index in [1.165, 1.54) is 11.8 Å². The largest absolute Gasteiger partial charge is 0.545 e. The summed E-state index contributed by atoms with van der Waals surface area (Å²) in [6.45, 7) is 0. The van der Waals surface area contributed by atoms with Crippen LogP contribution in [-0.4, -0.2) is 5.97 Å². The van der Waals surface area contributed by atoms with Crippen molar-refractivity contribution in [2.45, 2.75) is 9.10 Å². The quantitative estimate of drug-likeness (QED) is 0.874. The molecule has 0 aliphatic carbocycles. The number of halogens is 1. The molecule has 16 heavy (non-hydrogen) atoms. The third kappa shape index (κ3) is 2.66. The van der Waals surface area contributed by atoms with Crippen molar-refractivity contribution in [2.24, 2.45) is 0 Å². The van der Waals surface area contributed by atoms with Gasteiger partial charge in [0.1, 0.15) is 0 Å². The second-order valence-electron chi connectivity index (χ2n) is 2.94. The monoisotopic (exact) mass is 313 g/mol. The van der Waals surface area contributed by atoms with Crippen molar-refractivity contribution in [3.8, 4) is 0 Å². The Hall–Kier alpha value is -0.780. The lowest BCUT2D eigenvalue weighted by atomic mass is 10.2. The molecule has 2 aromatic rings. The Balaban J connectivity index is 2.31. The molecule has 0 N–H and O–H groups in total. The highest BCUT2D eigenvalue weighted by molar-refractivity contribution is 9.11. The molecular formula is C11H6BrO2S2-. The van der Waals surface area contributed by atoms with E-state index < -0.39 is 5.97 Å². The van der Waals surface area contributed by atoms with E-state index in [4.69, 9.17) is 0 Å². The first-order chi connectivity index (χ1) is 7.66. The minimum atomic E-state index is -1.14. The van der Waals surface area contributed by atoms with Crippen molar-refractivity contribution >= 4 is 45.0 Å². The summed E-state index contributed by atoms with van der Waals surface area (Å²) in [5.74, 6) is -1.14. The van der Waals surface area contributed by atoms with Gasteiger partial charge in [-0.25, -0.2) is 0 Å². The molecule has 0 bridgehead atoms. The van der Waals surface area contributed by atoms with Gasteiger partial charge in [-0.15, -0.1) is 11.3 Å². The van der Waals surface area contributed by atoms with Crippen molar-refractivity contribution < 1.29 is 9.90 Å². The van der Waals surface area contributed by atoms with Crippen LogP contribution in [0.1, 0.15) is 10.4 Å². The average molecular weight is 314 g/mol. The predicted molar refractivity (Wildman–Crippen MR) is 66.9 cm³/mol. The van der Waals surface area contributed by atoms with Crippen molar-refractivity contribution in [1.29, 1.82) is 0 Å². The molecule has 0 fully saturated rings. The number of hydrogen-bond donors (Lipinski definition) is 0. The molecule has 5 heteroatoms. The van der Waals surface area contributed by atoms with Crippen LogP contribution in [0.15, 0.2) is 49.3 Å². The van der Waals surface area contributed by atoms with Crippen LogP contribution in [0.5, 0.6) is 0 Å². The molecule has 2 rings (SSSR count). The van der Waals surface area contributed by atoms with Gasteiger partial charge in [-0.3, -0.25) is 0 Å². The van der Waals surface area contributed by atoms with E-state index in [1.807, 2.05) is 18.2 Å². The Bertz CT molecular complexity index is 522. The summed E-state index contributed by atoms with van der Waals surface area (Å²) in [4.78, 5) is 11.6. The highest BCUT2D eigenvalue weighted by Crippen LogP contribution is 2.36. The van der Waals surface area contributed by atoms with Crippen molar-refractivity contribution in [2.75, 3.05) is 0 Å². The maximum Gasteiger partial charge on any atom is 0.0726 e. The van der Waals surface area contributed by atoms with Gasteiger partial charge in [-0.2, -0.15) is 0 Å². The molecule has 82 valence electrons. The Morgan fingerprint density at radius 2 is 2.00 bits per heavy atom. The molecule has 0 aliphatic heterocycles. The van der Waals surface area contributed by atoms with E-state index in [9.17, 15) is 9.90 Å². The summed E-state index contributed by atoms with van der Waals surface area (Å²) in [7, 11) is 0. The summed E-state index contributed by atoms with van der Waals surface area (Å²) in [5, 5.41) is 10.9. The minimum absolute atomic E-state index is 0.233. The summed E-state index contributed by atoms with van der Waals surface area (Å²) in [6.07, 6.45) is 0. The molecule has 0 spiro atoms. The van der Waals surface area contributed by atoms with Gasteiger partial charge in [-0.05, 0) is 34.1 Å². The van der Waals surface area contributed by atoms with Gasteiger partial charge in [0.05, 0.1) is 14.0 Å². The Morgan fingerprint density at radius 1 is 1.25 bits per heavy atom. The molecule has 1 aromatic carbocycles. The zero-order valence-electron chi connectivity index (χ0n) is 7.98. The first-order valence-electron chi connectivity index (χ1n) is 4.40. The van der Waals surface area contributed by atoms with E-state index in [0.29, 0.717) is 4.90 Å². The molecular weight excluding hydrogens is 308 g/mol. The number of thiophene rings is 1. The van der Waals surface area contributed by atoms with Crippen LogP contribution in [0.4, 0.5) is 0 Å². The van der Waals surface area contributed by atoms with E-state index in [0.717, 1.165) is 8.00 Å². The van der Waals surface area contributed by atoms with E-state index in [2.05, 4.69) is 15.9 Å². The number of aromatic carboxylic acids is 1. The third-order valence-electron chi connectivity index (χ3n) is 1.87. The van der Waals surface area contributed by atoms with Crippen LogP contribution in [0.2, 0.25) is 0 Å². The SMILES string of the molecule is O=C([O-])c1ccccc1Sc1ccc(Br)s1. The number of benzene rings is 1. The van der Waals surface area contributed by atoms with Gasteiger partial charge in [0.2, 0.25) is 0 Å². The highest BCUT2D eigenvalue weighted by Gasteiger charge is 2.06. The van der Waals surface area contributed by atoms with Gasteiger partial charge >= 0.3 is 0 Å². The summed E-state index contributed by atoms with van der Waals surface area (Å²) in [6, 6.07) is 10.7. The maximum atomic E-state index is 10.9. The lowest BCUT2D eigenvalue weighted by Gasteiger charge is -2.07. The fourth-order valence-electron chi connectivity index (χ4n) is 1.19. The number of carbonyl (C=O) groups is 1. The number of carboxylic acids is 1. The van der Waals surface area contributed by atoms with E-state index in [1.54, 1.807) is 29.5 Å². The Morgan fingerprint density at radius 3 is 2.62 bits per heavy atom. The molecule has 0 amide bonds. The first kappa shape index (κ1) is 11.7. The Kier molecular flexibility index (Phi) is 3.68. The van der Waals surface area contributed by atoms with E-state index in [-0.39, 0.29) is 5.56 Å². The molecule has 1 aromatic heterocycles. The molecule has 0 saturated carbocycles. The standard InChI is InChI=1S/C11H7BrO2S2/c12-9-5-6-10(16-9)15-8-4-2-1-3-7(8)11(13)14/h1-6H,(H,13,14)/p-1. The fraction of sp³-hybridized carbons (Fsp3) is 0. The second-order valence-corrected chi connectivity index (χ2v) is 6.75. The van der Waals surface area contributed by atoms with Gasteiger partial charge < -0.3 is 9.90 Å². The first-order valence-corrected chi connectivity index (χ1v) is 6.83. The minimum Gasteiger partial charge on any atom is -0.545 e. The number of carbonyl (C=O) groups excluding carboxylic acids is 1. The van der Waals surface area contributed by atoms with Gasteiger partial charge in [0, 0.05) is 10.5 Å². The zero-order chi connectivity index (χ0) is 11.5. The second kappa shape index (κ2) is 5.03. The van der Waals surface area contributed by atoms with E-state index >= 15 is 0 Å². The predicted octanol–water partition coefficient (Wildman–Crippen LogP) is 3.03. The lowest BCUT2D eigenvalue weighted by molar-refractivity contribution is -0.255. The molecule has 0 radical (unpaired) electrons. The molecule has 0 saturated heterocycles. The van der Waals surface area contributed by atoms with Gasteiger partial charge in [0.15, 0.2) is 0 Å². The fourth-order valence-corrected chi connectivity index (χ4v) is 4.09. The Labute approximate surface area is 109 Å². The third-order valence-corrected chi connectivity index (χ3v) is 4.70. The number of carboxylic acid groups (broad SMARTS) is 1. The molecule has 1 heterocycles. The molecule has 2 nitrogen and oxygen atoms in total. The van der Waals surface area contributed by atoms with Crippen LogP contribution >= 0.6 is 39.0 Å². The van der Waals surface area contributed by atoms with Crippen molar-refractivity contribution in [3.63, 3.8) is 0 Å². The zero-order valence-corrected chi connectivity index (χ0v) is 11.2. The van der Waals surface area contributed by atoms with Crippen LogP contribution in [0, 0.1) is 0 Å². The lowest BCUT2D eigenvalue weighted by Crippen LogP contribution is -2.22. The average Bonchev–Trinajstić information content (AvgIpc) is 2.64. The summed E-state index contributed by atoms with van der Waals surface area (Å²) in [5.41, 5.74) is 0.233. The highest BCUT2D eigenvalue weighted by atomic mass is 79.9. The smallest absolute Gasteiger partial charge is 0.0726 e. The van der Waals surface area contributed by atoms with Crippen LogP contribution < -0.4 is 5.11 Å². The topological polar surface area (TPSA) is 40.1 Å². The molecule has 0 unspecified atom stereocenters. The summed E-state index contributed by atoms with van der Waals surface area (Å²) >= 11 is 6.37. The van der Waals surface area contributed by atoms with Crippen LogP contribution in [0.25, 0.3) is 0 Å². The maximum absolute atomic E-state index is 10.9. The van der Waals surface area contributed by atoms with Crippen molar-refractivity contribution in [3.05, 3.63) is 45.7 Å². The van der Waals surface area contributed by atoms with Gasteiger partial charge in [0.25, 0.3) is 0 Å².